The third-order valence-electron chi connectivity index (χ3n) is 3.44. The number of aliphatic carboxylic acids is 1. The Morgan fingerprint density at radius 3 is 2.54 bits per heavy atom. The Kier molecular flexibility index (Phi) is 6.21. The fourth-order valence-electron chi connectivity index (χ4n) is 2.14. The number of aryl methyl sites for hydroxylation is 1. The summed E-state index contributed by atoms with van der Waals surface area (Å²) < 4.78 is 5.05. The van der Waals surface area contributed by atoms with Gasteiger partial charge in [-0.1, -0.05) is 54.1 Å². The number of nitrogens with one attached hydrogen (secondary N) is 1. The number of rotatable bonds is 6. The quantitative estimate of drug-likeness (QED) is 0.837. The molecule has 24 heavy (non-hydrogen) atoms. The molecule has 0 aliphatic rings. The van der Waals surface area contributed by atoms with Crippen molar-refractivity contribution in [3.63, 3.8) is 0 Å². The average Bonchev–Trinajstić information content (AvgIpc) is 2.55. The zero-order valence-electron chi connectivity index (χ0n) is 13.2. The Bertz CT molecular complexity index is 718. The number of amides is 1. The minimum Gasteiger partial charge on any atom is -0.480 e. The highest BCUT2D eigenvalue weighted by atomic mass is 35.5. The molecule has 0 aliphatic carbocycles. The standard InChI is InChI=1S/C18H18ClNO4/c1-12-7-8-14(15(19)9-12)10-16(17(21)22)20-18(23)24-11-13-5-3-2-4-6-13/h2-9,16H,10-11H2,1H3,(H,20,23)(H,21,22). The number of carboxylic acids is 1. The Morgan fingerprint density at radius 2 is 1.92 bits per heavy atom. The number of carboxylic acid groups (broad SMARTS) is 1. The maximum absolute atomic E-state index is 11.8. The van der Waals surface area contributed by atoms with Crippen LogP contribution in [0.2, 0.25) is 5.02 Å². The molecule has 2 N–H and O–H groups in total. The van der Waals surface area contributed by atoms with Crippen LogP contribution in [0.25, 0.3) is 0 Å². The van der Waals surface area contributed by atoms with E-state index in [9.17, 15) is 14.7 Å². The van der Waals surface area contributed by atoms with E-state index in [0.717, 1.165) is 11.1 Å². The second-order valence-corrected chi connectivity index (χ2v) is 5.80. The minimum absolute atomic E-state index is 0.0737. The molecule has 2 aromatic carbocycles. The molecule has 0 aromatic heterocycles. The van der Waals surface area contributed by atoms with Crippen molar-refractivity contribution in [2.45, 2.75) is 26.0 Å². The highest BCUT2D eigenvalue weighted by Gasteiger charge is 2.22. The number of carbonyl (C=O) groups excluding carboxylic acids is 1. The number of hydrogen-bond donors (Lipinski definition) is 2. The van der Waals surface area contributed by atoms with Crippen molar-refractivity contribution < 1.29 is 19.4 Å². The molecule has 0 heterocycles. The number of halogens is 1. The van der Waals surface area contributed by atoms with Crippen LogP contribution < -0.4 is 5.32 Å². The van der Waals surface area contributed by atoms with E-state index >= 15 is 0 Å². The van der Waals surface area contributed by atoms with Gasteiger partial charge in [0.25, 0.3) is 0 Å². The van der Waals surface area contributed by atoms with Gasteiger partial charge in [-0.25, -0.2) is 9.59 Å². The third kappa shape index (κ3) is 5.28. The summed E-state index contributed by atoms with van der Waals surface area (Å²) in [5, 5.41) is 12.1. The topological polar surface area (TPSA) is 75.6 Å². The molecule has 5 nitrogen and oxygen atoms in total. The van der Waals surface area contributed by atoms with Gasteiger partial charge in [0.1, 0.15) is 12.6 Å². The van der Waals surface area contributed by atoms with Crippen LogP contribution in [0.4, 0.5) is 4.79 Å². The molecular formula is C18H18ClNO4. The normalized spacial score (nSPS) is 11.6. The lowest BCUT2D eigenvalue weighted by Crippen LogP contribution is -2.42. The summed E-state index contributed by atoms with van der Waals surface area (Å²) in [5.74, 6) is -1.15. The highest BCUT2D eigenvalue weighted by Crippen LogP contribution is 2.19. The Hall–Kier alpha value is -2.53. The summed E-state index contributed by atoms with van der Waals surface area (Å²) in [4.78, 5) is 23.2. The minimum atomic E-state index is -1.15. The number of ether oxygens (including phenoxy) is 1. The molecule has 2 rings (SSSR count). The van der Waals surface area contributed by atoms with Gasteiger partial charge in [-0.2, -0.15) is 0 Å². The molecule has 0 saturated carbocycles. The molecule has 0 aliphatic heterocycles. The van der Waals surface area contributed by atoms with Crippen molar-refractivity contribution >= 4 is 23.7 Å². The van der Waals surface area contributed by atoms with Crippen molar-refractivity contribution in [3.8, 4) is 0 Å². The first kappa shape index (κ1) is 17.8. The Morgan fingerprint density at radius 1 is 1.21 bits per heavy atom. The van der Waals surface area contributed by atoms with Crippen molar-refractivity contribution in [1.82, 2.24) is 5.32 Å². The number of carbonyl (C=O) groups is 2. The summed E-state index contributed by atoms with van der Waals surface area (Å²) in [6.45, 7) is 1.97. The third-order valence-corrected chi connectivity index (χ3v) is 3.79. The monoisotopic (exact) mass is 347 g/mol. The molecule has 1 amide bonds. The zero-order chi connectivity index (χ0) is 17.5. The van der Waals surface area contributed by atoms with Crippen LogP contribution in [-0.4, -0.2) is 23.2 Å². The van der Waals surface area contributed by atoms with Gasteiger partial charge in [0.15, 0.2) is 0 Å². The second-order valence-electron chi connectivity index (χ2n) is 5.40. The molecule has 1 atom stereocenters. The van der Waals surface area contributed by atoms with E-state index in [1.807, 2.05) is 43.3 Å². The van der Waals surface area contributed by atoms with Crippen LogP contribution in [-0.2, 0) is 22.6 Å². The van der Waals surface area contributed by atoms with Crippen molar-refractivity contribution in [2.75, 3.05) is 0 Å². The summed E-state index contributed by atoms with van der Waals surface area (Å²) >= 11 is 6.12. The summed E-state index contributed by atoms with van der Waals surface area (Å²) in [7, 11) is 0. The van der Waals surface area contributed by atoms with Gasteiger partial charge < -0.3 is 15.2 Å². The van der Waals surface area contributed by atoms with E-state index < -0.39 is 18.1 Å². The van der Waals surface area contributed by atoms with Crippen molar-refractivity contribution in [3.05, 3.63) is 70.2 Å². The van der Waals surface area contributed by atoms with Crippen LogP contribution in [0.15, 0.2) is 48.5 Å². The fraction of sp³-hybridized carbons (Fsp3) is 0.222. The molecule has 0 bridgehead atoms. The summed E-state index contributed by atoms with van der Waals surface area (Å²) in [6, 6.07) is 13.4. The van der Waals surface area contributed by atoms with E-state index in [0.29, 0.717) is 10.6 Å². The lowest BCUT2D eigenvalue weighted by atomic mass is 10.0. The van der Waals surface area contributed by atoms with Crippen LogP contribution >= 0.6 is 11.6 Å². The predicted molar refractivity (Wildman–Crippen MR) is 91.1 cm³/mol. The van der Waals surface area contributed by atoms with Gasteiger partial charge in [0.05, 0.1) is 0 Å². The summed E-state index contributed by atoms with van der Waals surface area (Å²) in [6.07, 6.45) is -0.705. The van der Waals surface area contributed by atoms with Gasteiger partial charge in [0.2, 0.25) is 0 Å². The molecule has 0 radical (unpaired) electrons. The van der Waals surface area contributed by atoms with Crippen LogP contribution in [0.5, 0.6) is 0 Å². The van der Waals surface area contributed by atoms with Gasteiger partial charge in [-0.15, -0.1) is 0 Å². The molecular weight excluding hydrogens is 330 g/mol. The molecule has 0 fully saturated rings. The van der Waals surface area contributed by atoms with Crippen molar-refractivity contribution in [2.24, 2.45) is 0 Å². The first-order valence-electron chi connectivity index (χ1n) is 7.41. The smallest absolute Gasteiger partial charge is 0.408 e. The zero-order valence-corrected chi connectivity index (χ0v) is 13.9. The van der Waals surface area contributed by atoms with Crippen molar-refractivity contribution in [1.29, 1.82) is 0 Å². The predicted octanol–water partition coefficient (Wildman–Crippen LogP) is 3.57. The fourth-order valence-corrected chi connectivity index (χ4v) is 2.46. The largest absolute Gasteiger partial charge is 0.480 e. The maximum Gasteiger partial charge on any atom is 0.408 e. The van der Waals surface area contributed by atoms with Crippen LogP contribution in [0.1, 0.15) is 16.7 Å². The molecule has 6 heteroatoms. The van der Waals surface area contributed by atoms with E-state index in [1.165, 1.54) is 0 Å². The van der Waals surface area contributed by atoms with E-state index in [1.54, 1.807) is 12.1 Å². The average molecular weight is 348 g/mol. The molecule has 0 spiro atoms. The first-order chi connectivity index (χ1) is 11.5. The molecule has 1 unspecified atom stereocenters. The lowest BCUT2D eigenvalue weighted by Gasteiger charge is -2.15. The SMILES string of the molecule is Cc1ccc(CC(NC(=O)OCc2ccccc2)C(=O)O)c(Cl)c1. The molecule has 126 valence electrons. The van der Waals surface area contributed by atoms with E-state index in [4.69, 9.17) is 16.3 Å². The van der Waals surface area contributed by atoms with Crippen LogP contribution in [0.3, 0.4) is 0 Å². The first-order valence-corrected chi connectivity index (χ1v) is 7.78. The number of alkyl carbamates (subject to hydrolysis) is 1. The van der Waals surface area contributed by atoms with E-state index in [2.05, 4.69) is 5.32 Å². The van der Waals surface area contributed by atoms with Gasteiger partial charge in [0, 0.05) is 11.4 Å². The van der Waals surface area contributed by atoms with Gasteiger partial charge in [-0.3, -0.25) is 0 Å². The number of benzene rings is 2. The Balaban J connectivity index is 1.95. The molecule has 0 saturated heterocycles. The highest BCUT2D eigenvalue weighted by molar-refractivity contribution is 6.31. The van der Waals surface area contributed by atoms with Gasteiger partial charge in [-0.05, 0) is 29.7 Å². The lowest BCUT2D eigenvalue weighted by molar-refractivity contribution is -0.139. The van der Waals surface area contributed by atoms with E-state index in [-0.39, 0.29) is 13.0 Å². The molecule has 2 aromatic rings. The van der Waals surface area contributed by atoms with Gasteiger partial charge >= 0.3 is 12.1 Å². The second kappa shape index (κ2) is 8.36. The van der Waals surface area contributed by atoms with Crippen LogP contribution in [0, 0.1) is 6.92 Å². The Labute approximate surface area is 145 Å². The number of hydrogen-bond acceptors (Lipinski definition) is 3. The maximum atomic E-state index is 11.8. The summed E-state index contributed by atoms with van der Waals surface area (Å²) in [5.41, 5.74) is 2.45.